The minimum atomic E-state index is -3.79. The molecule has 1 fully saturated rings. The molecule has 1 atom stereocenters. The highest BCUT2D eigenvalue weighted by Crippen LogP contribution is 2.24. The Morgan fingerprint density at radius 2 is 2.00 bits per heavy atom. The van der Waals surface area contributed by atoms with Gasteiger partial charge in [0, 0.05) is 43.2 Å². The number of aryl methyl sites for hydroxylation is 1. The van der Waals surface area contributed by atoms with E-state index < -0.39 is 15.8 Å². The van der Waals surface area contributed by atoms with E-state index in [1.807, 2.05) is 23.1 Å². The maximum atomic E-state index is 13.8. The van der Waals surface area contributed by atoms with Crippen LogP contribution in [-0.4, -0.2) is 42.7 Å². The van der Waals surface area contributed by atoms with Gasteiger partial charge in [-0.3, -0.25) is 10.1 Å². The highest BCUT2D eigenvalue weighted by molar-refractivity contribution is 7.89. The van der Waals surface area contributed by atoms with Gasteiger partial charge in [-0.2, -0.15) is 5.10 Å². The largest absolute Gasteiger partial charge is 0.354 e. The topological polar surface area (TPSA) is 91.0 Å². The Morgan fingerprint density at radius 1 is 1.21 bits per heavy atom. The van der Waals surface area contributed by atoms with E-state index in [9.17, 15) is 12.8 Å². The number of nitrogens with one attached hydrogen (secondary N) is 2. The molecule has 3 aromatic rings. The SMILES string of the molecule is Cc1ccc(S(=O)(=O)NC2CCCN(c3cc(-c4ccncc4)[nH]n3)C2)cc1F. The molecule has 0 aliphatic carbocycles. The first kappa shape index (κ1) is 19.5. The van der Waals surface area contributed by atoms with Crippen molar-refractivity contribution in [2.45, 2.75) is 30.7 Å². The van der Waals surface area contributed by atoms with Crippen LogP contribution in [0.1, 0.15) is 18.4 Å². The molecule has 1 aromatic carbocycles. The number of benzene rings is 1. The van der Waals surface area contributed by atoms with E-state index in [0.717, 1.165) is 36.1 Å². The van der Waals surface area contributed by atoms with E-state index in [1.165, 1.54) is 12.1 Å². The average Bonchev–Trinajstić information content (AvgIpc) is 3.21. The van der Waals surface area contributed by atoms with Crippen LogP contribution in [0.2, 0.25) is 0 Å². The van der Waals surface area contributed by atoms with Crippen LogP contribution in [0.15, 0.2) is 53.7 Å². The minimum absolute atomic E-state index is 0.0579. The van der Waals surface area contributed by atoms with E-state index in [0.29, 0.717) is 18.5 Å². The zero-order valence-electron chi connectivity index (χ0n) is 16.0. The molecule has 0 radical (unpaired) electrons. The van der Waals surface area contributed by atoms with Crippen molar-refractivity contribution >= 4 is 15.8 Å². The van der Waals surface area contributed by atoms with Crippen molar-refractivity contribution in [3.63, 3.8) is 0 Å². The van der Waals surface area contributed by atoms with Gasteiger partial charge in [0.1, 0.15) is 5.82 Å². The number of halogens is 1. The third kappa shape index (κ3) is 4.30. The zero-order chi connectivity index (χ0) is 20.4. The highest BCUT2D eigenvalue weighted by Gasteiger charge is 2.27. The molecule has 29 heavy (non-hydrogen) atoms. The summed E-state index contributed by atoms with van der Waals surface area (Å²) in [5.41, 5.74) is 2.27. The zero-order valence-corrected chi connectivity index (χ0v) is 16.8. The maximum absolute atomic E-state index is 13.8. The first-order valence-electron chi connectivity index (χ1n) is 9.41. The van der Waals surface area contributed by atoms with Gasteiger partial charge in [0.15, 0.2) is 5.82 Å². The Kier molecular flexibility index (Phi) is 5.33. The predicted octanol–water partition coefficient (Wildman–Crippen LogP) is 2.87. The van der Waals surface area contributed by atoms with Gasteiger partial charge >= 0.3 is 0 Å². The fourth-order valence-electron chi connectivity index (χ4n) is 3.46. The molecule has 1 saturated heterocycles. The third-order valence-electron chi connectivity index (χ3n) is 5.08. The maximum Gasteiger partial charge on any atom is 0.240 e. The summed E-state index contributed by atoms with van der Waals surface area (Å²) in [6, 6.07) is 9.42. The van der Waals surface area contributed by atoms with Gasteiger partial charge in [-0.05, 0) is 49.6 Å². The van der Waals surface area contributed by atoms with Crippen molar-refractivity contribution < 1.29 is 12.8 Å². The summed E-state index contributed by atoms with van der Waals surface area (Å²) in [6.45, 7) is 2.88. The van der Waals surface area contributed by atoms with Crippen LogP contribution >= 0.6 is 0 Å². The molecule has 0 amide bonds. The van der Waals surface area contributed by atoms with Crippen LogP contribution in [0.25, 0.3) is 11.3 Å². The van der Waals surface area contributed by atoms with Gasteiger partial charge in [0.25, 0.3) is 0 Å². The number of H-pyrrole nitrogens is 1. The van der Waals surface area contributed by atoms with Crippen LogP contribution in [0.5, 0.6) is 0 Å². The Bertz CT molecular complexity index is 1100. The highest BCUT2D eigenvalue weighted by atomic mass is 32.2. The molecular formula is C20H22FN5O2S. The summed E-state index contributed by atoms with van der Waals surface area (Å²) < 4.78 is 41.9. The molecule has 7 nitrogen and oxygen atoms in total. The Morgan fingerprint density at radius 3 is 2.76 bits per heavy atom. The number of hydrogen-bond acceptors (Lipinski definition) is 5. The number of anilines is 1. The van der Waals surface area contributed by atoms with Gasteiger partial charge in [0.2, 0.25) is 10.0 Å². The van der Waals surface area contributed by atoms with E-state index in [1.54, 1.807) is 19.3 Å². The Hall–Kier alpha value is -2.78. The molecule has 0 bridgehead atoms. The summed E-state index contributed by atoms with van der Waals surface area (Å²) in [5.74, 6) is 0.236. The molecule has 9 heteroatoms. The van der Waals surface area contributed by atoms with Crippen molar-refractivity contribution in [2.24, 2.45) is 0 Å². The van der Waals surface area contributed by atoms with Gasteiger partial charge in [0.05, 0.1) is 10.6 Å². The summed E-state index contributed by atoms with van der Waals surface area (Å²) in [5, 5.41) is 7.40. The predicted molar refractivity (Wildman–Crippen MR) is 109 cm³/mol. The number of pyridine rings is 1. The lowest BCUT2D eigenvalue weighted by Gasteiger charge is -2.33. The summed E-state index contributed by atoms with van der Waals surface area (Å²) in [4.78, 5) is 6.00. The Balaban J connectivity index is 1.47. The summed E-state index contributed by atoms with van der Waals surface area (Å²) >= 11 is 0. The van der Waals surface area contributed by atoms with E-state index in [2.05, 4.69) is 19.9 Å². The Labute approximate surface area is 169 Å². The van der Waals surface area contributed by atoms with Crippen LogP contribution in [0.3, 0.4) is 0 Å². The fraction of sp³-hybridized carbons (Fsp3) is 0.300. The molecule has 1 aliphatic rings. The van der Waals surface area contributed by atoms with Gasteiger partial charge in [-0.1, -0.05) is 6.07 Å². The summed E-state index contributed by atoms with van der Waals surface area (Å²) in [7, 11) is -3.79. The number of nitrogens with zero attached hydrogens (tertiary/aromatic N) is 3. The smallest absolute Gasteiger partial charge is 0.240 e. The van der Waals surface area contributed by atoms with E-state index >= 15 is 0 Å². The van der Waals surface area contributed by atoms with Crippen LogP contribution < -0.4 is 9.62 Å². The van der Waals surface area contributed by atoms with Crippen molar-refractivity contribution in [3.05, 3.63) is 60.2 Å². The van der Waals surface area contributed by atoms with Crippen LogP contribution in [0, 0.1) is 12.7 Å². The normalized spacial score (nSPS) is 17.4. The lowest BCUT2D eigenvalue weighted by Crippen LogP contribution is -2.47. The van der Waals surface area contributed by atoms with Gasteiger partial charge in [-0.15, -0.1) is 0 Å². The summed E-state index contributed by atoms with van der Waals surface area (Å²) in [6.07, 6.45) is 4.98. The molecule has 4 rings (SSSR count). The van der Waals surface area contributed by atoms with E-state index in [4.69, 9.17) is 0 Å². The second-order valence-corrected chi connectivity index (χ2v) is 8.91. The monoisotopic (exact) mass is 415 g/mol. The second kappa shape index (κ2) is 7.92. The lowest BCUT2D eigenvalue weighted by atomic mass is 10.1. The number of aromatic nitrogens is 3. The van der Waals surface area contributed by atoms with Crippen LogP contribution in [-0.2, 0) is 10.0 Å². The third-order valence-corrected chi connectivity index (χ3v) is 6.59. The number of sulfonamides is 1. The fourth-order valence-corrected chi connectivity index (χ4v) is 4.74. The van der Waals surface area contributed by atoms with Crippen molar-refractivity contribution in [3.8, 4) is 11.3 Å². The number of rotatable bonds is 5. The van der Waals surface area contributed by atoms with Crippen molar-refractivity contribution in [2.75, 3.05) is 18.0 Å². The first-order valence-corrected chi connectivity index (χ1v) is 10.9. The van der Waals surface area contributed by atoms with Crippen LogP contribution in [0.4, 0.5) is 10.2 Å². The number of hydrogen-bond donors (Lipinski definition) is 2. The molecule has 0 saturated carbocycles. The van der Waals surface area contributed by atoms with Crippen molar-refractivity contribution in [1.29, 1.82) is 0 Å². The quantitative estimate of drug-likeness (QED) is 0.669. The average molecular weight is 415 g/mol. The van der Waals surface area contributed by atoms with Gasteiger partial charge < -0.3 is 4.90 Å². The minimum Gasteiger partial charge on any atom is -0.354 e. The number of piperidine rings is 1. The molecule has 1 aliphatic heterocycles. The van der Waals surface area contributed by atoms with Gasteiger partial charge in [-0.25, -0.2) is 17.5 Å². The molecule has 1 unspecified atom stereocenters. The molecule has 3 heterocycles. The lowest BCUT2D eigenvalue weighted by molar-refractivity contribution is 0.463. The molecule has 2 N–H and O–H groups in total. The first-order chi connectivity index (χ1) is 13.9. The molecule has 2 aromatic heterocycles. The van der Waals surface area contributed by atoms with Crippen molar-refractivity contribution in [1.82, 2.24) is 19.9 Å². The molecule has 0 spiro atoms. The number of aromatic amines is 1. The van der Waals surface area contributed by atoms with E-state index in [-0.39, 0.29) is 10.9 Å². The second-order valence-electron chi connectivity index (χ2n) is 7.19. The molecule has 152 valence electrons. The standard InChI is InChI=1S/C20H22FN5O2S/c1-14-4-5-17(11-18(14)21)29(27,28)25-16-3-2-10-26(13-16)20-12-19(23-24-20)15-6-8-22-9-7-15/h4-9,11-12,16,25H,2-3,10,13H2,1H3,(H,23,24). The molecular weight excluding hydrogens is 393 g/mol.